The molecule has 2 rings (SSSR count). The Morgan fingerprint density at radius 1 is 0.944 bits per heavy atom. The Morgan fingerprint density at radius 2 is 1.56 bits per heavy atom. The molecular formula is C16H19NO. The molecule has 0 saturated heterocycles. The predicted molar refractivity (Wildman–Crippen MR) is 74.8 cm³/mol. The van der Waals surface area contributed by atoms with Crippen molar-refractivity contribution in [2.24, 2.45) is 0 Å². The van der Waals surface area contributed by atoms with E-state index in [1.165, 1.54) is 5.56 Å². The molecule has 0 fully saturated rings. The molecule has 2 heteroatoms. The molecule has 0 unspecified atom stereocenters. The molecule has 0 heterocycles. The summed E-state index contributed by atoms with van der Waals surface area (Å²) in [4.78, 5) is 0. The van der Waals surface area contributed by atoms with Gasteiger partial charge in [-0.25, -0.2) is 0 Å². The summed E-state index contributed by atoms with van der Waals surface area (Å²) in [6, 6.07) is 20.7. The van der Waals surface area contributed by atoms with Gasteiger partial charge in [-0.15, -0.1) is 0 Å². The van der Waals surface area contributed by atoms with Crippen molar-refractivity contribution in [3.05, 3.63) is 66.2 Å². The second-order valence-corrected chi connectivity index (χ2v) is 4.25. The maximum absolute atomic E-state index is 5.63. The lowest BCUT2D eigenvalue weighted by Crippen LogP contribution is -2.24. The molecule has 18 heavy (non-hydrogen) atoms. The maximum atomic E-state index is 5.63. The molecule has 0 aliphatic rings. The lowest BCUT2D eigenvalue weighted by molar-refractivity contribution is 0.307. The lowest BCUT2D eigenvalue weighted by atomic mass is 10.1. The van der Waals surface area contributed by atoms with Crippen molar-refractivity contribution in [1.29, 1.82) is 0 Å². The van der Waals surface area contributed by atoms with Crippen LogP contribution in [0.4, 0.5) is 0 Å². The Labute approximate surface area is 109 Å². The Bertz CT molecular complexity index is 441. The summed E-state index contributed by atoms with van der Waals surface area (Å²) in [5.74, 6) is 0.923. The van der Waals surface area contributed by atoms with E-state index >= 15 is 0 Å². The van der Waals surface area contributed by atoms with E-state index in [0.717, 1.165) is 12.3 Å². The van der Waals surface area contributed by atoms with E-state index < -0.39 is 0 Å². The third kappa shape index (κ3) is 3.90. The quantitative estimate of drug-likeness (QED) is 0.782. The molecule has 1 N–H and O–H groups in total. The van der Waals surface area contributed by atoms with E-state index in [4.69, 9.17) is 4.74 Å². The highest BCUT2D eigenvalue weighted by molar-refractivity contribution is 5.21. The van der Waals surface area contributed by atoms with E-state index in [2.05, 4.69) is 36.5 Å². The van der Waals surface area contributed by atoms with E-state index in [-0.39, 0.29) is 0 Å². The van der Waals surface area contributed by atoms with E-state index in [0.29, 0.717) is 12.6 Å². The average molecular weight is 241 g/mol. The second kappa shape index (κ2) is 6.82. The van der Waals surface area contributed by atoms with Crippen LogP contribution in [0, 0.1) is 0 Å². The lowest BCUT2D eigenvalue weighted by Gasteiger charge is -2.14. The Morgan fingerprint density at radius 3 is 2.22 bits per heavy atom. The molecule has 0 saturated carbocycles. The topological polar surface area (TPSA) is 21.3 Å². The molecule has 0 spiro atoms. The van der Waals surface area contributed by atoms with Crippen LogP contribution in [0.2, 0.25) is 0 Å². The molecule has 1 atom stereocenters. The zero-order valence-corrected chi connectivity index (χ0v) is 10.7. The monoisotopic (exact) mass is 241 g/mol. The van der Waals surface area contributed by atoms with Crippen molar-refractivity contribution in [1.82, 2.24) is 5.32 Å². The van der Waals surface area contributed by atoms with Crippen LogP contribution in [0.15, 0.2) is 60.7 Å². The van der Waals surface area contributed by atoms with Gasteiger partial charge in [-0.05, 0) is 24.6 Å². The van der Waals surface area contributed by atoms with Crippen LogP contribution in [-0.2, 0) is 0 Å². The first kappa shape index (κ1) is 12.7. The minimum absolute atomic E-state index is 0.352. The van der Waals surface area contributed by atoms with Crippen molar-refractivity contribution < 1.29 is 4.74 Å². The zero-order valence-electron chi connectivity index (χ0n) is 10.7. The first-order valence-corrected chi connectivity index (χ1v) is 6.32. The largest absolute Gasteiger partial charge is 0.492 e. The van der Waals surface area contributed by atoms with Crippen molar-refractivity contribution >= 4 is 0 Å². The van der Waals surface area contributed by atoms with Crippen molar-refractivity contribution in [2.75, 3.05) is 13.2 Å². The summed E-state index contributed by atoms with van der Waals surface area (Å²) in [7, 11) is 0. The molecule has 0 amide bonds. The van der Waals surface area contributed by atoms with Crippen LogP contribution in [0.25, 0.3) is 0 Å². The highest BCUT2D eigenvalue weighted by Gasteiger charge is 2.02. The van der Waals surface area contributed by atoms with E-state index in [9.17, 15) is 0 Å². The summed E-state index contributed by atoms with van der Waals surface area (Å²) < 4.78 is 5.63. The summed E-state index contributed by atoms with van der Waals surface area (Å²) in [6.45, 7) is 3.68. The molecule has 0 aliphatic heterocycles. The zero-order chi connectivity index (χ0) is 12.6. The number of rotatable bonds is 6. The number of nitrogens with one attached hydrogen (secondary N) is 1. The molecule has 2 aromatic rings. The van der Waals surface area contributed by atoms with Gasteiger partial charge in [0, 0.05) is 12.6 Å². The van der Waals surface area contributed by atoms with Gasteiger partial charge in [0.1, 0.15) is 12.4 Å². The summed E-state index contributed by atoms with van der Waals surface area (Å²) in [6.07, 6.45) is 0. The molecule has 0 radical (unpaired) electrons. The Kier molecular flexibility index (Phi) is 4.79. The van der Waals surface area contributed by atoms with Gasteiger partial charge in [-0.1, -0.05) is 48.5 Å². The summed E-state index contributed by atoms with van der Waals surface area (Å²) >= 11 is 0. The average Bonchev–Trinajstić information content (AvgIpc) is 2.45. The molecular weight excluding hydrogens is 222 g/mol. The smallest absolute Gasteiger partial charge is 0.119 e. The van der Waals surface area contributed by atoms with Crippen LogP contribution in [0.1, 0.15) is 18.5 Å². The fourth-order valence-electron chi connectivity index (χ4n) is 1.82. The molecule has 0 aliphatic carbocycles. The molecule has 2 aromatic carbocycles. The Balaban J connectivity index is 1.70. The number of para-hydroxylation sites is 1. The molecule has 0 aromatic heterocycles. The minimum Gasteiger partial charge on any atom is -0.492 e. The standard InChI is InChI=1S/C16H19NO/c1-14(15-8-4-2-5-9-15)17-12-13-18-16-10-6-3-7-11-16/h2-11,14,17H,12-13H2,1H3/t14-/m1/s1. The fourth-order valence-corrected chi connectivity index (χ4v) is 1.82. The third-order valence-corrected chi connectivity index (χ3v) is 2.86. The fraction of sp³-hybridized carbons (Fsp3) is 0.250. The SMILES string of the molecule is C[C@@H](NCCOc1ccccc1)c1ccccc1. The first-order valence-electron chi connectivity index (χ1n) is 6.32. The molecule has 0 bridgehead atoms. The maximum Gasteiger partial charge on any atom is 0.119 e. The van der Waals surface area contributed by atoms with Crippen LogP contribution in [0.5, 0.6) is 5.75 Å². The van der Waals surface area contributed by atoms with E-state index in [1.807, 2.05) is 36.4 Å². The number of hydrogen-bond donors (Lipinski definition) is 1. The van der Waals surface area contributed by atoms with Gasteiger partial charge in [0.05, 0.1) is 0 Å². The second-order valence-electron chi connectivity index (χ2n) is 4.25. The van der Waals surface area contributed by atoms with Gasteiger partial charge in [0.25, 0.3) is 0 Å². The highest BCUT2D eigenvalue weighted by atomic mass is 16.5. The van der Waals surface area contributed by atoms with Crippen molar-refractivity contribution in [3.63, 3.8) is 0 Å². The van der Waals surface area contributed by atoms with Crippen LogP contribution >= 0.6 is 0 Å². The van der Waals surface area contributed by atoms with Gasteiger partial charge in [-0.2, -0.15) is 0 Å². The molecule has 2 nitrogen and oxygen atoms in total. The third-order valence-electron chi connectivity index (χ3n) is 2.86. The summed E-state index contributed by atoms with van der Waals surface area (Å²) in [5.41, 5.74) is 1.30. The minimum atomic E-state index is 0.352. The van der Waals surface area contributed by atoms with Crippen LogP contribution in [-0.4, -0.2) is 13.2 Å². The normalized spacial score (nSPS) is 12.1. The van der Waals surface area contributed by atoms with Gasteiger partial charge >= 0.3 is 0 Å². The van der Waals surface area contributed by atoms with Gasteiger partial charge in [-0.3, -0.25) is 0 Å². The molecule has 94 valence electrons. The van der Waals surface area contributed by atoms with Crippen molar-refractivity contribution in [3.8, 4) is 5.75 Å². The number of ether oxygens (including phenoxy) is 1. The van der Waals surface area contributed by atoms with Gasteiger partial charge in [0.2, 0.25) is 0 Å². The van der Waals surface area contributed by atoms with Gasteiger partial charge < -0.3 is 10.1 Å². The number of benzene rings is 2. The van der Waals surface area contributed by atoms with Crippen LogP contribution < -0.4 is 10.1 Å². The Hall–Kier alpha value is -1.80. The van der Waals surface area contributed by atoms with Crippen molar-refractivity contribution in [2.45, 2.75) is 13.0 Å². The number of hydrogen-bond acceptors (Lipinski definition) is 2. The highest BCUT2D eigenvalue weighted by Crippen LogP contribution is 2.11. The first-order chi connectivity index (χ1) is 8.86. The predicted octanol–water partition coefficient (Wildman–Crippen LogP) is 3.42. The van der Waals surface area contributed by atoms with Gasteiger partial charge in [0.15, 0.2) is 0 Å². The van der Waals surface area contributed by atoms with E-state index in [1.54, 1.807) is 0 Å². The summed E-state index contributed by atoms with van der Waals surface area (Å²) in [5, 5.41) is 3.44. The van der Waals surface area contributed by atoms with Crippen LogP contribution in [0.3, 0.4) is 0 Å².